The summed E-state index contributed by atoms with van der Waals surface area (Å²) in [6, 6.07) is 7.13. The van der Waals surface area contributed by atoms with E-state index in [-0.39, 0.29) is 6.61 Å². The Bertz CT molecular complexity index is 379. The van der Waals surface area contributed by atoms with Crippen LogP contribution in [0.15, 0.2) is 24.3 Å². The van der Waals surface area contributed by atoms with E-state index in [0.717, 1.165) is 38.3 Å². The van der Waals surface area contributed by atoms with Crippen LogP contribution in [0.2, 0.25) is 5.02 Å². The molecule has 1 heterocycles. The molecule has 2 unspecified atom stereocenters. The molecule has 0 aliphatic carbocycles. The summed E-state index contributed by atoms with van der Waals surface area (Å²) in [6.07, 6.45) is 1.75. The van der Waals surface area contributed by atoms with E-state index in [1.54, 1.807) is 24.3 Å². The van der Waals surface area contributed by atoms with E-state index in [0.29, 0.717) is 17.5 Å². The molecule has 2 N–H and O–H groups in total. The van der Waals surface area contributed by atoms with Crippen molar-refractivity contribution in [2.24, 2.45) is 5.92 Å². The lowest BCUT2D eigenvalue weighted by molar-refractivity contribution is 0.106. The summed E-state index contributed by atoms with van der Waals surface area (Å²) in [7, 11) is 0. The average Bonchev–Trinajstić information content (AvgIpc) is 2.96. The Morgan fingerprint density at radius 3 is 2.90 bits per heavy atom. The summed E-state index contributed by atoms with van der Waals surface area (Å²) >= 11 is 5.79. The number of halogens is 1. The normalized spacial score (nSPS) is 20.0. The molecule has 0 aromatic heterocycles. The van der Waals surface area contributed by atoms with Crippen LogP contribution in [0.1, 0.15) is 12.8 Å². The van der Waals surface area contributed by atoms with Gasteiger partial charge in [0.15, 0.2) is 0 Å². The van der Waals surface area contributed by atoms with Crippen molar-refractivity contribution in [2.75, 3.05) is 32.9 Å². The standard InChI is InChI=1S/C15H22ClNO3/c16-13-1-3-15(4-2-13)20-11-14(18)9-17-7-5-12-6-8-19-10-12/h1-4,12,14,17-18H,5-11H2. The Morgan fingerprint density at radius 1 is 1.40 bits per heavy atom. The molecule has 2 rings (SSSR count). The fourth-order valence-electron chi connectivity index (χ4n) is 2.17. The predicted molar refractivity (Wildman–Crippen MR) is 79.4 cm³/mol. The summed E-state index contributed by atoms with van der Waals surface area (Å²) in [5.41, 5.74) is 0. The highest BCUT2D eigenvalue weighted by atomic mass is 35.5. The molecule has 0 amide bonds. The molecular formula is C15H22ClNO3. The van der Waals surface area contributed by atoms with Gasteiger partial charge in [-0.1, -0.05) is 11.6 Å². The molecule has 1 aromatic carbocycles. The number of benzene rings is 1. The molecule has 0 radical (unpaired) electrons. The number of ether oxygens (including phenoxy) is 2. The summed E-state index contributed by atoms with van der Waals surface area (Å²) in [5.74, 6) is 1.39. The van der Waals surface area contributed by atoms with Gasteiger partial charge in [0.25, 0.3) is 0 Å². The van der Waals surface area contributed by atoms with Gasteiger partial charge in [-0.15, -0.1) is 0 Å². The second kappa shape index (κ2) is 8.47. The Kier molecular flexibility index (Phi) is 6.60. The van der Waals surface area contributed by atoms with E-state index in [9.17, 15) is 5.11 Å². The minimum Gasteiger partial charge on any atom is -0.491 e. The van der Waals surface area contributed by atoms with Gasteiger partial charge < -0.3 is 19.9 Å². The first-order valence-corrected chi connectivity index (χ1v) is 7.47. The van der Waals surface area contributed by atoms with E-state index in [4.69, 9.17) is 21.1 Å². The molecule has 1 aliphatic heterocycles. The van der Waals surface area contributed by atoms with Gasteiger partial charge >= 0.3 is 0 Å². The number of rotatable bonds is 8. The van der Waals surface area contributed by atoms with E-state index in [2.05, 4.69) is 5.32 Å². The highest BCUT2D eigenvalue weighted by molar-refractivity contribution is 6.30. The van der Waals surface area contributed by atoms with Crippen molar-refractivity contribution in [3.8, 4) is 5.75 Å². The molecule has 0 spiro atoms. The van der Waals surface area contributed by atoms with Gasteiger partial charge in [-0.3, -0.25) is 0 Å². The monoisotopic (exact) mass is 299 g/mol. The first-order chi connectivity index (χ1) is 9.74. The number of aliphatic hydroxyl groups is 1. The van der Waals surface area contributed by atoms with Crippen LogP contribution < -0.4 is 10.1 Å². The fraction of sp³-hybridized carbons (Fsp3) is 0.600. The third-order valence-corrected chi connectivity index (χ3v) is 3.64. The van der Waals surface area contributed by atoms with E-state index in [1.165, 1.54) is 0 Å². The molecule has 1 aromatic rings. The van der Waals surface area contributed by atoms with Gasteiger partial charge in [0.05, 0.1) is 0 Å². The SMILES string of the molecule is OC(CNCCC1CCOC1)COc1ccc(Cl)cc1. The highest BCUT2D eigenvalue weighted by Crippen LogP contribution is 2.16. The van der Waals surface area contributed by atoms with E-state index < -0.39 is 6.10 Å². The summed E-state index contributed by atoms with van der Waals surface area (Å²) in [6.45, 7) is 3.50. The van der Waals surface area contributed by atoms with Crippen molar-refractivity contribution in [1.82, 2.24) is 5.32 Å². The van der Waals surface area contributed by atoms with Gasteiger partial charge in [0.1, 0.15) is 18.5 Å². The molecule has 1 saturated heterocycles. The van der Waals surface area contributed by atoms with Crippen molar-refractivity contribution in [3.05, 3.63) is 29.3 Å². The number of hydrogen-bond acceptors (Lipinski definition) is 4. The lowest BCUT2D eigenvalue weighted by atomic mass is 10.1. The van der Waals surface area contributed by atoms with Crippen LogP contribution >= 0.6 is 11.6 Å². The first-order valence-electron chi connectivity index (χ1n) is 7.09. The zero-order valence-electron chi connectivity index (χ0n) is 11.6. The molecule has 0 saturated carbocycles. The van der Waals surface area contributed by atoms with Crippen LogP contribution in [0.25, 0.3) is 0 Å². The van der Waals surface area contributed by atoms with Crippen molar-refractivity contribution in [2.45, 2.75) is 18.9 Å². The Hall–Kier alpha value is -0.810. The minimum atomic E-state index is -0.509. The first kappa shape index (κ1) is 15.6. The number of nitrogens with one attached hydrogen (secondary N) is 1. The molecule has 112 valence electrons. The third-order valence-electron chi connectivity index (χ3n) is 3.39. The maximum atomic E-state index is 9.82. The van der Waals surface area contributed by atoms with Crippen LogP contribution in [0, 0.1) is 5.92 Å². The number of hydrogen-bond donors (Lipinski definition) is 2. The van der Waals surface area contributed by atoms with Gasteiger partial charge in [-0.2, -0.15) is 0 Å². The Labute approximate surface area is 125 Å². The maximum Gasteiger partial charge on any atom is 0.119 e. The minimum absolute atomic E-state index is 0.279. The van der Waals surface area contributed by atoms with Crippen molar-refractivity contribution >= 4 is 11.6 Å². The molecule has 5 heteroatoms. The zero-order valence-corrected chi connectivity index (χ0v) is 12.3. The van der Waals surface area contributed by atoms with Crippen LogP contribution in [0.4, 0.5) is 0 Å². The lowest BCUT2D eigenvalue weighted by Gasteiger charge is -2.14. The summed E-state index contributed by atoms with van der Waals surface area (Å²) < 4.78 is 10.8. The van der Waals surface area contributed by atoms with E-state index >= 15 is 0 Å². The summed E-state index contributed by atoms with van der Waals surface area (Å²) in [4.78, 5) is 0. The second-order valence-corrected chi connectivity index (χ2v) is 5.58. The second-order valence-electron chi connectivity index (χ2n) is 5.14. The molecule has 1 aliphatic rings. The van der Waals surface area contributed by atoms with Crippen LogP contribution in [0.5, 0.6) is 5.75 Å². The van der Waals surface area contributed by atoms with Crippen LogP contribution in [0.3, 0.4) is 0 Å². The topological polar surface area (TPSA) is 50.7 Å². The third kappa shape index (κ3) is 5.67. The highest BCUT2D eigenvalue weighted by Gasteiger charge is 2.14. The van der Waals surface area contributed by atoms with Gasteiger partial charge in [0, 0.05) is 24.8 Å². The van der Waals surface area contributed by atoms with Crippen molar-refractivity contribution < 1.29 is 14.6 Å². The average molecular weight is 300 g/mol. The summed E-state index contributed by atoms with van der Waals surface area (Å²) in [5, 5.41) is 13.7. The molecular weight excluding hydrogens is 278 g/mol. The van der Waals surface area contributed by atoms with Crippen LogP contribution in [-0.4, -0.2) is 44.1 Å². The van der Waals surface area contributed by atoms with Gasteiger partial charge in [-0.05, 0) is 49.6 Å². The quantitative estimate of drug-likeness (QED) is 0.722. The Morgan fingerprint density at radius 2 is 2.20 bits per heavy atom. The largest absolute Gasteiger partial charge is 0.491 e. The fourth-order valence-corrected chi connectivity index (χ4v) is 2.29. The van der Waals surface area contributed by atoms with Crippen LogP contribution in [-0.2, 0) is 4.74 Å². The number of aliphatic hydroxyl groups excluding tert-OH is 1. The predicted octanol–water partition coefficient (Wildman–Crippen LogP) is 2.10. The van der Waals surface area contributed by atoms with Crippen molar-refractivity contribution in [1.29, 1.82) is 0 Å². The smallest absolute Gasteiger partial charge is 0.119 e. The van der Waals surface area contributed by atoms with Gasteiger partial charge in [0.2, 0.25) is 0 Å². The Balaban J connectivity index is 1.53. The van der Waals surface area contributed by atoms with Gasteiger partial charge in [-0.25, -0.2) is 0 Å². The van der Waals surface area contributed by atoms with Crippen molar-refractivity contribution in [3.63, 3.8) is 0 Å². The molecule has 20 heavy (non-hydrogen) atoms. The lowest BCUT2D eigenvalue weighted by Crippen LogP contribution is -2.32. The molecule has 2 atom stereocenters. The molecule has 1 fully saturated rings. The molecule has 0 bridgehead atoms. The molecule has 4 nitrogen and oxygen atoms in total. The van der Waals surface area contributed by atoms with E-state index in [1.807, 2.05) is 0 Å². The zero-order chi connectivity index (χ0) is 14.2. The maximum absolute atomic E-state index is 9.82.